The van der Waals surface area contributed by atoms with Crippen LogP contribution in [0, 0.1) is 0 Å². The van der Waals surface area contributed by atoms with Gasteiger partial charge in [-0.3, -0.25) is 0 Å². The van der Waals surface area contributed by atoms with E-state index in [2.05, 4.69) is 15.9 Å². The molecule has 0 saturated heterocycles. The summed E-state index contributed by atoms with van der Waals surface area (Å²) < 4.78 is 29.1. The van der Waals surface area contributed by atoms with Gasteiger partial charge in [-0.25, -0.2) is 8.78 Å². The fourth-order valence-electron chi connectivity index (χ4n) is 1.79. The van der Waals surface area contributed by atoms with Crippen LogP contribution in [0.4, 0.5) is 8.78 Å². The van der Waals surface area contributed by atoms with Crippen molar-refractivity contribution >= 4 is 15.9 Å². The molecule has 2 unspecified atom stereocenters. The molecule has 0 aliphatic heterocycles. The van der Waals surface area contributed by atoms with E-state index in [1.165, 1.54) is 19.3 Å². The summed E-state index contributed by atoms with van der Waals surface area (Å²) in [4.78, 5) is 0.251. The molecule has 0 spiro atoms. The van der Waals surface area contributed by atoms with Crippen molar-refractivity contribution in [2.24, 2.45) is 0 Å². The first kappa shape index (κ1) is 12.4. The highest BCUT2D eigenvalue weighted by molar-refractivity contribution is 9.09. The molecule has 0 aromatic carbocycles. The Kier molecular flexibility index (Phi) is 5.94. The Morgan fingerprint density at radius 3 is 2.43 bits per heavy atom. The highest BCUT2D eigenvalue weighted by Gasteiger charge is 2.21. The lowest BCUT2D eigenvalue weighted by Gasteiger charge is -2.25. The highest BCUT2D eigenvalue weighted by atomic mass is 79.9. The second-order valence-electron chi connectivity index (χ2n) is 3.77. The van der Waals surface area contributed by atoms with Crippen molar-refractivity contribution in [1.29, 1.82) is 0 Å². The van der Waals surface area contributed by atoms with Crippen LogP contribution >= 0.6 is 15.9 Å². The van der Waals surface area contributed by atoms with E-state index in [-0.39, 0.29) is 10.9 Å². The van der Waals surface area contributed by atoms with Crippen molar-refractivity contribution in [1.82, 2.24) is 0 Å². The van der Waals surface area contributed by atoms with Gasteiger partial charge in [0, 0.05) is 4.83 Å². The van der Waals surface area contributed by atoms with Gasteiger partial charge in [0.05, 0.1) is 6.10 Å². The first-order valence-electron chi connectivity index (χ1n) is 5.24. The number of alkyl halides is 3. The molecule has 0 aromatic heterocycles. The Bertz CT molecular complexity index is 155. The number of rotatable bonds is 3. The average Bonchev–Trinajstić information content (AvgIpc) is 2.10. The third kappa shape index (κ3) is 4.69. The Labute approximate surface area is 92.3 Å². The van der Waals surface area contributed by atoms with Crippen LogP contribution in [0.5, 0.6) is 0 Å². The van der Waals surface area contributed by atoms with Crippen LogP contribution in [-0.4, -0.2) is 24.0 Å². The summed E-state index contributed by atoms with van der Waals surface area (Å²) >= 11 is 3.52. The van der Waals surface area contributed by atoms with Gasteiger partial charge >= 0.3 is 0 Å². The van der Waals surface area contributed by atoms with Crippen LogP contribution in [0.15, 0.2) is 0 Å². The average molecular weight is 271 g/mol. The van der Waals surface area contributed by atoms with E-state index >= 15 is 0 Å². The van der Waals surface area contributed by atoms with Crippen molar-refractivity contribution in [2.75, 3.05) is 6.61 Å². The SMILES string of the molecule is FC(F)COC1CCCCCCC1Br. The molecule has 0 bridgehead atoms. The number of hydrogen-bond donors (Lipinski definition) is 0. The summed E-state index contributed by atoms with van der Waals surface area (Å²) in [5.41, 5.74) is 0. The lowest BCUT2D eigenvalue weighted by Crippen LogP contribution is -2.27. The molecule has 0 aromatic rings. The molecule has 0 radical (unpaired) electrons. The molecule has 1 rings (SSSR count). The molecule has 1 saturated carbocycles. The van der Waals surface area contributed by atoms with Gasteiger partial charge in [-0.05, 0) is 12.8 Å². The lowest BCUT2D eigenvalue weighted by molar-refractivity contribution is -0.0294. The van der Waals surface area contributed by atoms with Crippen molar-refractivity contribution in [3.8, 4) is 0 Å². The minimum absolute atomic E-state index is 0.0238. The molecule has 0 N–H and O–H groups in total. The molecular formula is C10H17BrF2O. The van der Waals surface area contributed by atoms with Crippen molar-refractivity contribution in [2.45, 2.75) is 55.9 Å². The normalized spacial score (nSPS) is 30.0. The number of hydrogen-bond acceptors (Lipinski definition) is 1. The van der Waals surface area contributed by atoms with E-state index in [1.807, 2.05) is 0 Å². The predicted octanol–water partition coefficient (Wildman–Crippen LogP) is 3.75. The topological polar surface area (TPSA) is 9.23 Å². The zero-order valence-electron chi connectivity index (χ0n) is 8.22. The van der Waals surface area contributed by atoms with Crippen LogP contribution < -0.4 is 0 Å². The van der Waals surface area contributed by atoms with Crippen LogP contribution in [0.1, 0.15) is 38.5 Å². The molecule has 1 aliphatic carbocycles. The smallest absolute Gasteiger partial charge is 0.261 e. The van der Waals surface area contributed by atoms with E-state index in [9.17, 15) is 8.78 Å². The third-order valence-corrected chi connectivity index (χ3v) is 3.61. The molecule has 4 heteroatoms. The van der Waals surface area contributed by atoms with Gasteiger partial charge in [0.15, 0.2) is 0 Å². The summed E-state index contributed by atoms with van der Waals surface area (Å²) in [6, 6.07) is 0. The maximum atomic E-state index is 12.0. The molecule has 14 heavy (non-hydrogen) atoms. The lowest BCUT2D eigenvalue weighted by atomic mass is 9.98. The first-order chi connectivity index (χ1) is 6.70. The third-order valence-electron chi connectivity index (χ3n) is 2.56. The van der Waals surface area contributed by atoms with Crippen molar-refractivity contribution in [3.05, 3.63) is 0 Å². The van der Waals surface area contributed by atoms with Gasteiger partial charge in [-0.2, -0.15) is 0 Å². The van der Waals surface area contributed by atoms with Gasteiger partial charge in [-0.15, -0.1) is 0 Å². The quantitative estimate of drug-likeness (QED) is 0.710. The van der Waals surface area contributed by atoms with Crippen molar-refractivity contribution < 1.29 is 13.5 Å². The zero-order chi connectivity index (χ0) is 10.4. The van der Waals surface area contributed by atoms with E-state index in [0.29, 0.717) is 0 Å². The van der Waals surface area contributed by atoms with Crippen molar-refractivity contribution in [3.63, 3.8) is 0 Å². The van der Waals surface area contributed by atoms with E-state index in [1.54, 1.807) is 0 Å². The minimum atomic E-state index is -2.35. The van der Waals surface area contributed by atoms with Crippen LogP contribution in [-0.2, 0) is 4.74 Å². The van der Waals surface area contributed by atoms with E-state index < -0.39 is 13.0 Å². The first-order valence-corrected chi connectivity index (χ1v) is 6.15. The summed E-state index contributed by atoms with van der Waals surface area (Å²) in [6.45, 7) is -0.424. The molecular weight excluding hydrogens is 254 g/mol. The van der Waals surface area contributed by atoms with Gasteiger partial charge in [0.25, 0.3) is 6.43 Å². The molecule has 0 heterocycles. The fraction of sp³-hybridized carbons (Fsp3) is 1.00. The van der Waals surface area contributed by atoms with Gasteiger partial charge in [-0.1, -0.05) is 41.6 Å². The molecule has 1 nitrogen and oxygen atoms in total. The van der Waals surface area contributed by atoms with Gasteiger partial charge in [0.1, 0.15) is 6.61 Å². The largest absolute Gasteiger partial charge is 0.371 e. The van der Waals surface area contributed by atoms with E-state index in [4.69, 9.17) is 4.74 Å². The summed E-state index contributed by atoms with van der Waals surface area (Å²) in [6.07, 6.45) is 4.29. The molecule has 0 amide bonds. The highest BCUT2D eigenvalue weighted by Crippen LogP contribution is 2.25. The Morgan fingerprint density at radius 2 is 1.79 bits per heavy atom. The molecule has 1 aliphatic rings. The minimum Gasteiger partial charge on any atom is -0.371 e. The molecule has 1 fully saturated rings. The maximum absolute atomic E-state index is 12.0. The monoisotopic (exact) mass is 270 g/mol. The predicted molar refractivity (Wildman–Crippen MR) is 56.2 cm³/mol. The van der Waals surface area contributed by atoms with Crippen LogP contribution in [0.25, 0.3) is 0 Å². The second kappa shape index (κ2) is 6.72. The van der Waals surface area contributed by atoms with Crippen LogP contribution in [0.3, 0.4) is 0 Å². The molecule has 2 atom stereocenters. The Hall–Kier alpha value is 0.300. The molecule has 84 valence electrons. The zero-order valence-corrected chi connectivity index (χ0v) is 9.81. The Balaban J connectivity index is 2.29. The maximum Gasteiger partial charge on any atom is 0.261 e. The fourth-order valence-corrected chi connectivity index (χ4v) is 2.53. The van der Waals surface area contributed by atoms with Gasteiger partial charge in [0.2, 0.25) is 0 Å². The number of halogens is 3. The van der Waals surface area contributed by atoms with Crippen LogP contribution in [0.2, 0.25) is 0 Å². The summed E-state index contributed by atoms with van der Waals surface area (Å²) in [5, 5.41) is 0. The standard InChI is InChI=1S/C10H17BrF2O/c11-8-5-3-1-2-4-6-9(8)14-7-10(12)13/h8-10H,1-7H2. The van der Waals surface area contributed by atoms with Gasteiger partial charge < -0.3 is 4.74 Å². The number of ether oxygens (including phenoxy) is 1. The van der Waals surface area contributed by atoms with E-state index in [0.717, 1.165) is 19.3 Å². The Morgan fingerprint density at radius 1 is 1.14 bits per heavy atom. The second-order valence-corrected chi connectivity index (χ2v) is 4.95. The summed E-state index contributed by atoms with van der Waals surface area (Å²) in [7, 11) is 0. The summed E-state index contributed by atoms with van der Waals surface area (Å²) in [5.74, 6) is 0.